The minimum absolute atomic E-state index is 0.300. The SMILES string of the molecule is CCOCCOCCC(C)(N)C(=O)O. The van der Waals surface area contributed by atoms with Crippen molar-refractivity contribution in [3.63, 3.8) is 0 Å². The van der Waals surface area contributed by atoms with Crippen LogP contribution in [0.2, 0.25) is 0 Å². The molecule has 0 radical (unpaired) electrons. The Hall–Kier alpha value is -0.650. The van der Waals surface area contributed by atoms with Crippen LogP contribution in [0.3, 0.4) is 0 Å². The van der Waals surface area contributed by atoms with E-state index in [0.29, 0.717) is 32.8 Å². The molecule has 5 nitrogen and oxygen atoms in total. The number of hydrogen-bond donors (Lipinski definition) is 2. The summed E-state index contributed by atoms with van der Waals surface area (Å²) in [5.74, 6) is -1.01. The van der Waals surface area contributed by atoms with E-state index in [9.17, 15) is 4.79 Å². The summed E-state index contributed by atoms with van der Waals surface area (Å²) in [6, 6.07) is 0. The highest BCUT2D eigenvalue weighted by Gasteiger charge is 2.27. The van der Waals surface area contributed by atoms with Gasteiger partial charge >= 0.3 is 5.97 Å². The molecule has 0 amide bonds. The van der Waals surface area contributed by atoms with Crippen LogP contribution >= 0.6 is 0 Å². The van der Waals surface area contributed by atoms with Crippen molar-refractivity contribution in [2.24, 2.45) is 5.73 Å². The van der Waals surface area contributed by atoms with Crippen molar-refractivity contribution >= 4 is 5.97 Å². The van der Waals surface area contributed by atoms with Crippen LogP contribution in [0.25, 0.3) is 0 Å². The molecule has 0 aromatic heterocycles. The van der Waals surface area contributed by atoms with Gasteiger partial charge in [0.15, 0.2) is 0 Å². The average Bonchev–Trinajstić information content (AvgIpc) is 2.10. The Morgan fingerprint density at radius 2 is 1.93 bits per heavy atom. The molecular weight excluding hydrogens is 186 g/mol. The normalized spacial score (nSPS) is 15.1. The number of hydrogen-bond acceptors (Lipinski definition) is 4. The minimum Gasteiger partial charge on any atom is -0.480 e. The summed E-state index contributed by atoms with van der Waals surface area (Å²) in [6.45, 7) is 5.39. The molecule has 0 saturated carbocycles. The molecule has 3 N–H and O–H groups in total. The molecule has 0 aliphatic heterocycles. The van der Waals surface area contributed by atoms with Crippen LogP contribution in [0.15, 0.2) is 0 Å². The van der Waals surface area contributed by atoms with Crippen LogP contribution in [-0.2, 0) is 14.3 Å². The third-order valence-electron chi connectivity index (χ3n) is 1.83. The van der Waals surface area contributed by atoms with E-state index in [1.54, 1.807) is 0 Å². The number of carbonyl (C=O) groups is 1. The molecule has 1 unspecified atom stereocenters. The Morgan fingerprint density at radius 3 is 2.43 bits per heavy atom. The zero-order chi connectivity index (χ0) is 11.0. The van der Waals surface area contributed by atoms with Gasteiger partial charge in [0.05, 0.1) is 13.2 Å². The standard InChI is InChI=1S/C9H19NO4/c1-3-13-6-7-14-5-4-9(2,10)8(11)12/h3-7,10H2,1-2H3,(H,11,12). The maximum atomic E-state index is 10.6. The highest BCUT2D eigenvalue weighted by atomic mass is 16.5. The molecule has 1 atom stereocenters. The Labute approximate surface area is 84.2 Å². The Balaban J connectivity index is 3.40. The van der Waals surface area contributed by atoms with E-state index in [1.165, 1.54) is 6.92 Å². The van der Waals surface area contributed by atoms with Gasteiger partial charge in [-0.2, -0.15) is 0 Å². The van der Waals surface area contributed by atoms with E-state index in [1.807, 2.05) is 6.92 Å². The predicted octanol–water partition coefficient (Wildman–Crippen LogP) is 0.232. The van der Waals surface area contributed by atoms with Crippen molar-refractivity contribution in [2.45, 2.75) is 25.8 Å². The van der Waals surface area contributed by atoms with Crippen LogP contribution in [0.4, 0.5) is 0 Å². The lowest BCUT2D eigenvalue weighted by Gasteiger charge is -2.18. The van der Waals surface area contributed by atoms with Crippen molar-refractivity contribution in [3.8, 4) is 0 Å². The minimum atomic E-state index is -1.20. The van der Waals surface area contributed by atoms with Gasteiger partial charge in [0.2, 0.25) is 0 Å². The first-order valence-electron chi connectivity index (χ1n) is 4.68. The summed E-state index contributed by atoms with van der Waals surface area (Å²) in [7, 11) is 0. The van der Waals surface area contributed by atoms with Gasteiger partial charge in [-0.05, 0) is 20.3 Å². The van der Waals surface area contributed by atoms with Crippen molar-refractivity contribution in [1.29, 1.82) is 0 Å². The molecule has 0 heterocycles. The first-order chi connectivity index (χ1) is 6.50. The molecule has 0 aromatic rings. The summed E-state index contributed by atoms with van der Waals surface area (Å²) < 4.78 is 10.2. The molecule has 0 spiro atoms. The topological polar surface area (TPSA) is 81.8 Å². The maximum absolute atomic E-state index is 10.6. The van der Waals surface area contributed by atoms with Crippen molar-refractivity contribution in [3.05, 3.63) is 0 Å². The maximum Gasteiger partial charge on any atom is 0.323 e. The van der Waals surface area contributed by atoms with Crippen molar-refractivity contribution < 1.29 is 19.4 Å². The summed E-state index contributed by atoms with van der Waals surface area (Å²) >= 11 is 0. The smallest absolute Gasteiger partial charge is 0.323 e. The fourth-order valence-electron chi connectivity index (χ4n) is 0.755. The quantitative estimate of drug-likeness (QED) is 0.554. The average molecular weight is 205 g/mol. The van der Waals surface area contributed by atoms with Crippen molar-refractivity contribution in [1.82, 2.24) is 0 Å². The Bertz CT molecular complexity index is 170. The molecule has 0 bridgehead atoms. The second-order valence-electron chi connectivity index (χ2n) is 3.28. The molecular formula is C9H19NO4. The lowest BCUT2D eigenvalue weighted by Crippen LogP contribution is -2.45. The highest BCUT2D eigenvalue weighted by Crippen LogP contribution is 2.05. The van der Waals surface area contributed by atoms with E-state index < -0.39 is 11.5 Å². The molecule has 0 fully saturated rings. The first-order valence-corrected chi connectivity index (χ1v) is 4.68. The molecule has 0 aromatic carbocycles. The van der Waals surface area contributed by atoms with Gasteiger partial charge in [-0.25, -0.2) is 0 Å². The third-order valence-corrected chi connectivity index (χ3v) is 1.83. The molecule has 0 aliphatic carbocycles. The van der Waals surface area contributed by atoms with Crippen molar-refractivity contribution in [2.75, 3.05) is 26.4 Å². The van der Waals surface area contributed by atoms with Crippen LogP contribution in [0, 0.1) is 0 Å². The van der Waals surface area contributed by atoms with E-state index >= 15 is 0 Å². The zero-order valence-corrected chi connectivity index (χ0v) is 8.78. The fourth-order valence-corrected chi connectivity index (χ4v) is 0.755. The number of rotatable bonds is 8. The second kappa shape index (κ2) is 6.75. The lowest BCUT2D eigenvalue weighted by atomic mass is 10.0. The molecule has 0 saturated heterocycles. The first kappa shape index (κ1) is 13.4. The van der Waals surface area contributed by atoms with Gasteiger partial charge in [0, 0.05) is 13.2 Å². The van der Waals surface area contributed by atoms with E-state index in [2.05, 4.69) is 0 Å². The van der Waals surface area contributed by atoms with E-state index in [0.717, 1.165) is 0 Å². The molecule has 84 valence electrons. The summed E-state index contributed by atoms with van der Waals surface area (Å²) in [5, 5.41) is 8.68. The number of carboxylic acid groups (broad SMARTS) is 1. The van der Waals surface area contributed by atoms with Gasteiger partial charge in [0.1, 0.15) is 5.54 Å². The van der Waals surface area contributed by atoms with E-state index in [-0.39, 0.29) is 0 Å². The predicted molar refractivity (Wildman–Crippen MR) is 52.2 cm³/mol. The molecule has 5 heteroatoms. The van der Waals surface area contributed by atoms with Gasteiger partial charge in [-0.15, -0.1) is 0 Å². The number of ether oxygens (including phenoxy) is 2. The number of aliphatic carboxylic acids is 1. The molecule has 0 aliphatic rings. The third kappa shape index (κ3) is 5.90. The Kier molecular flexibility index (Phi) is 6.44. The van der Waals surface area contributed by atoms with Crippen LogP contribution in [0.5, 0.6) is 0 Å². The summed E-state index contributed by atoms with van der Waals surface area (Å²) in [4.78, 5) is 10.6. The number of nitrogens with two attached hydrogens (primary N) is 1. The van der Waals surface area contributed by atoms with Gasteiger partial charge in [-0.1, -0.05) is 0 Å². The highest BCUT2D eigenvalue weighted by molar-refractivity contribution is 5.77. The Morgan fingerprint density at radius 1 is 1.36 bits per heavy atom. The van der Waals surface area contributed by atoms with Gasteiger partial charge in [-0.3, -0.25) is 4.79 Å². The molecule has 0 rings (SSSR count). The molecule has 14 heavy (non-hydrogen) atoms. The van der Waals surface area contributed by atoms with Gasteiger partial charge in [0.25, 0.3) is 0 Å². The lowest BCUT2D eigenvalue weighted by molar-refractivity contribution is -0.143. The number of carboxylic acids is 1. The van der Waals surface area contributed by atoms with Crippen LogP contribution in [0.1, 0.15) is 20.3 Å². The largest absolute Gasteiger partial charge is 0.480 e. The monoisotopic (exact) mass is 205 g/mol. The summed E-state index contributed by atoms with van der Waals surface area (Å²) in [6.07, 6.45) is 0.300. The van der Waals surface area contributed by atoms with Crippen LogP contribution < -0.4 is 5.73 Å². The van der Waals surface area contributed by atoms with Crippen LogP contribution in [-0.4, -0.2) is 43.0 Å². The van der Waals surface area contributed by atoms with Gasteiger partial charge < -0.3 is 20.3 Å². The fraction of sp³-hybridized carbons (Fsp3) is 0.889. The van der Waals surface area contributed by atoms with E-state index in [4.69, 9.17) is 20.3 Å². The second-order valence-corrected chi connectivity index (χ2v) is 3.28. The zero-order valence-electron chi connectivity index (χ0n) is 8.78. The summed E-state index contributed by atoms with van der Waals surface area (Å²) in [5.41, 5.74) is 4.29.